The maximum Gasteiger partial charge on any atom is 0.222 e. The molecule has 1 fully saturated rings. The van der Waals surface area contributed by atoms with Crippen molar-refractivity contribution < 1.29 is 9.53 Å². The molecule has 30 heavy (non-hydrogen) atoms. The number of carbonyl (C=O) groups is 1. The van der Waals surface area contributed by atoms with E-state index in [1.807, 2.05) is 25.1 Å². The topological polar surface area (TPSA) is 61.1 Å². The van der Waals surface area contributed by atoms with E-state index in [0.29, 0.717) is 19.6 Å². The third kappa shape index (κ3) is 4.15. The standard InChI is InChI=1S/C24H32N4O2/c1-19(23-26-20-10-4-5-11-21(20)28(23)16-17-30-2)25-22(29)18-24(12-6-3-7-13-24)27-14-8-9-15-27/h4-5,8-11,14-15,19H,3,6-7,12-13,16-18H2,1-2H3,(H,25,29)/t19-/m1/s1. The van der Waals surface area contributed by atoms with E-state index >= 15 is 0 Å². The Morgan fingerprint density at radius 1 is 1.17 bits per heavy atom. The molecule has 4 rings (SSSR count). The van der Waals surface area contributed by atoms with Gasteiger partial charge in [0, 0.05) is 26.0 Å². The van der Waals surface area contributed by atoms with Crippen LogP contribution in [0.25, 0.3) is 11.0 Å². The van der Waals surface area contributed by atoms with Crippen molar-refractivity contribution >= 4 is 16.9 Å². The number of aromatic nitrogens is 3. The van der Waals surface area contributed by atoms with Crippen LogP contribution in [0.5, 0.6) is 0 Å². The van der Waals surface area contributed by atoms with Crippen molar-refractivity contribution in [3.05, 3.63) is 54.6 Å². The molecule has 0 aliphatic heterocycles. The molecule has 1 amide bonds. The first-order chi connectivity index (χ1) is 14.6. The maximum atomic E-state index is 13.1. The summed E-state index contributed by atoms with van der Waals surface area (Å²) in [5.41, 5.74) is 1.91. The Balaban J connectivity index is 1.53. The minimum absolute atomic E-state index is 0.0865. The predicted octanol–water partition coefficient (Wildman–Crippen LogP) is 4.41. The van der Waals surface area contributed by atoms with Crippen molar-refractivity contribution in [3.63, 3.8) is 0 Å². The number of para-hydroxylation sites is 2. The summed E-state index contributed by atoms with van der Waals surface area (Å²) in [5.74, 6) is 0.962. The second kappa shape index (κ2) is 9.04. The van der Waals surface area contributed by atoms with Gasteiger partial charge in [0.2, 0.25) is 5.91 Å². The SMILES string of the molecule is COCCn1c([C@@H](C)NC(=O)CC2(n3cccc3)CCCCC2)nc2ccccc21. The van der Waals surface area contributed by atoms with Crippen LogP contribution in [0.1, 0.15) is 57.3 Å². The third-order valence-electron chi connectivity index (χ3n) is 6.39. The number of nitrogens with zero attached hydrogens (tertiary/aromatic N) is 3. The van der Waals surface area contributed by atoms with Gasteiger partial charge >= 0.3 is 0 Å². The highest BCUT2D eigenvalue weighted by atomic mass is 16.5. The van der Waals surface area contributed by atoms with Gasteiger partial charge in [0.05, 0.1) is 35.6 Å². The lowest BCUT2D eigenvalue weighted by Gasteiger charge is -2.38. The zero-order valence-corrected chi connectivity index (χ0v) is 18.0. The van der Waals surface area contributed by atoms with Crippen molar-refractivity contribution in [3.8, 4) is 0 Å². The van der Waals surface area contributed by atoms with Gasteiger partial charge in [0.15, 0.2) is 0 Å². The summed E-state index contributed by atoms with van der Waals surface area (Å²) in [6.07, 6.45) is 10.4. The van der Waals surface area contributed by atoms with Crippen LogP contribution in [0.4, 0.5) is 0 Å². The number of benzene rings is 1. The third-order valence-corrected chi connectivity index (χ3v) is 6.39. The van der Waals surface area contributed by atoms with Crippen LogP contribution in [-0.4, -0.2) is 33.7 Å². The Morgan fingerprint density at radius 2 is 1.90 bits per heavy atom. The van der Waals surface area contributed by atoms with Crippen molar-refractivity contribution in [2.75, 3.05) is 13.7 Å². The highest BCUT2D eigenvalue weighted by Crippen LogP contribution is 2.38. The van der Waals surface area contributed by atoms with Gasteiger partial charge in [-0.2, -0.15) is 0 Å². The highest BCUT2D eigenvalue weighted by Gasteiger charge is 2.36. The van der Waals surface area contributed by atoms with Crippen molar-refractivity contribution in [2.45, 2.75) is 63.6 Å². The first-order valence-corrected chi connectivity index (χ1v) is 11.0. The molecule has 6 heteroatoms. The van der Waals surface area contributed by atoms with E-state index < -0.39 is 0 Å². The van der Waals surface area contributed by atoms with Crippen LogP contribution in [-0.2, 0) is 21.6 Å². The average Bonchev–Trinajstić information content (AvgIpc) is 3.41. The smallest absolute Gasteiger partial charge is 0.222 e. The van der Waals surface area contributed by atoms with Gasteiger partial charge in [-0.1, -0.05) is 31.4 Å². The van der Waals surface area contributed by atoms with Gasteiger partial charge in [0.1, 0.15) is 5.82 Å². The van der Waals surface area contributed by atoms with Crippen LogP contribution < -0.4 is 5.32 Å². The fraction of sp³-hybridized carbons (Fsp3) is 0.500. The normalized spacial score (nSPS) is 17.1. The molecule has 1 aliphatic rings. The monoisotopic (exact) mass is 408 g/mol. The molecule has 0 radical (unpaired) electrons. The highest BCUT2D eigenvalue weighted by molar-refractivity contribution is 5.78. The number of fused-ring (bicyclic) bond motifs is 1. The number of ether oxygens (including phenoxy) is 1. The van der Waals surface area contributed by atoms with E-state index in [1.165, 1.54) is 19.3 Å². The molecule has 1 N–H and O–H groups in total. The minimum Gasteiger partial charge on any atom is -0.383 e. The molecule has 1 saturated carbocycles. The number of imidazole rings is 1. The van der Waals surface area contributed by atoms with E-state index in [4.69, 9.17) is 9.72 Å². The molecule has 1 aliphatic carbocycles. The molecule has 3 aromatic rings. The number of hydrogen-bond acceptors (Lipinski definition) is 3. The van der Waals surface area contributed by atoms with Gasteiger partial charge in [-0.25, -0.2) is 4.98 Å². The van der Waals surface area contributed by atoms with Crippen LogP contribution >= 0.6 is 0 Å². The Bertz CT molecular complexity index is 970. The lowest BCUT2D eigenvalue weighted by atomic mass is 9.78. The zero-order valence-electron chi connectivity index (χ0n) is 18.0. The fourth-order valence-corrected chi connectivity index (χ4v) is 4.89. The molecule has 1 atom stereocenters. The summed E-state index contributed by atoms with van der Waals surface area (Å²) in [5, 5.41) is 3.23. The molecular formula is C24H32N4O2. The summed E-state index contributed by atoms with van der Waals surface area (Å²) in [6.45, 7) is 3.33. The second-order valence-corrected chi connectivity index (χ2v) is 8.44. The summed E-state index contributed by atoms with van der Waals surface area (Å²) < 4.78 is 9.71. The van der Waals surface area contributed by atoms with Crippen molar-refractivity contribution in [1.82, 2.24) is 19.4 Å². The lowest BCUT2D eigenvalue weighted by molar-refractivity contribution is -0.124. The largest absolute Gasteiger partial charge is 0.383 e. The van der Waals surface area contributed by atoms with Crippen molar-refractivity contribution in [1.29, 1.82) is 0 Å². The van der Waals surface area contributed by atoms with Gasteiger partial charge in [-0.3, -0.25) is 4.79 Å². The molecule has 1 aromatic carbocycles. The molecule has 0 spiro atoms. The summed E-state index contributed by atoms with van der Waals surface area (Å²) in [4.78, 5) is 18.0. The summed E-state index contributed by atoms with van der Waals surface area (Å²) in [6, 6.07) is 12.0. The van der Waals surface area contributed by atoms with E-state index in [1.54, 1.807) is 7.11 Å². The second-order valence-electron chi connectivity index (χ2n) is 8.44. The summed E-state index contributed by atoms with van der Waals surface area (Å²) >= 11 is 0. The van der Waals surface area contributed by atoms with Gasteiger partial charge in [-0.15, -0.1) is 0 Å². The van der Waals surface area contributed by atoms with Gasteiger partial charge < -0.3 is 19.2 Å². The van der Waals surface area contributed by atoms with Crippen molar-refractivity contribution in [2.24, 2.45) is 0 Å². The van der Waals surface area contributed by atoms with E-state index in [0.717, 1.165) is 29.7 Å². The van der Waals surface area contributed by atoms with E-state index in [9.17, 15) is 4.79 Å². The summed E-state index contributed by atoms with van der Waals surface area (Å²) in [7, 11) is 1.70. The Kier molecular flexibility index (Phi) is 6.23. The Labute approximate surface area is 178 Å². The number of hydrogen-bond donors (Lipinski definition) is 1. The Morgan fingerprint density at radius 3 is 2.63 bits per heavy atom. The van der Waals surface area contributed by atoms with Crippen LogP contribution in [0.2, 0.25) is 0 Å². The number of methoxy groups -OCH3 is 1. The molecule has 6 nitrogen and oxygen atoms in total. The number of amides is 1. The number of nitrogens with one attached hydrogen (secondary N) is 1. The molecule has 2 heterocycles. The molecular weight excluding hydrogens is 376 g/mol. The maximum absolute atomic E-state index is 13.1. The quantitative estimate of drug-likeness (QED) is 0.600. The number of rotatable bonds is 8. The van der Waals surface area contributed by atoms with E-state index in [-0.39, 0.29) is 17.5 Å². The van der Waals surface area contributed by atoms with Crippen LogP contribution in [0.3, 0.4) is 0 Å². The number of carbonyl (C=O) groups excluding carboxylic acids is 1. The molecule has 0 saturated heterocycles. The molecule has 160 valence electrons. The molecule has 2 aromatic heterocycles. The predicted molar refractivity (Wildman–Crippen MR) is 118 cm³/mol. The van der Waals surface area contributed by atoms with Gasteiger partial charge in [0.25, 0.3) is 0 Å². The van der Waals surface area contributed by atoms with Crippen LogP contribution in [0, 0.1) is 0 Å². The van der Waals surface area contributed by atoms with E-state index in [2.05, 4.69) is 45.0 Å². The average molecular weight is 409 g/mol. The van der Waals surface area contributed by atoms with Crippen LogP contribution in [0.15, 0.2) is 48.8 Å². The fourth-order valence-electron chi connectivity index (χ4n) is 4.89. The first kappa shape index (κ1) is 20.7. The lowest BCUT2D eigenvalue weighted by Crippen LogP contribution is -2.41. The molecule has 0 unspecified atom stereocenters. The zero-order chi connectivity index (χ0) is 21.0. The first-order valence-electron chi connectivity index (χ1n) is 11.0. The molecule has 0 bridgehead atoms. The van der Waals surface area contributed by atoms with Gasteiger partial charge in [-0.05, 0) is 44.0 Å². The Hall–Kier alpha value is -2.60. The minimum atomic E-state index is -0.174.